The molecular formula is C15H26N6. The van der Waals surface area contributed by atoms with Gasteiger partial charge in [0.05, 0.1) is 29.7 Å². The molecule has 0 saturated heterocycles. The Morgan fingerprint density at radius 2 is 2.10 bits per heavy atom. The summed E-state index contributed by atoms with van der Waals surface area (Å²) >= 11 is 0. The molecule has 2 aromatic heterocycles. The van der Waals surface area contributed by atoms with Gasteiger partial charge >= 0.3 is 0 Å². The summed E-state index contributed by atoms with van der Waals surface area (Å²) in [4.78, 5) is 0. The maximum Gasteiger partial charge on any atom is 0.0997 e. The fourth-order valence-corrected chi connectivity index (χ4v) is 2.54. The van der Waals surface area contributed by atoms with E-state index in [0.717, 1.165) is 43.6 Å². The van der Waals surface area contributed by atoms with Crippen molar-refractivity contribution in [2.75, 3.05) is 6.54 Å². The zero-order chi connectivity index (χ0) is 15.1. The molecule has 0 radical (unpaired) electrons. The maximum atomic E-state index is 4.73. The van der Waals surface area contributed by atoms with Crippen LogP contribution in [0.15, 0.2) is 18.5 Å². The molecular weight excluding hydrogens is 264 g/mol. The quantitative estimate of drug-likeness (QED) is 0.745. The van der Waals surface area contributed by atoms with Crippen LogP contribution in [0.25, 0.3) is 0 Å². The molecule has 2 rings (SSSR count). The summed E-state index contributed by atoms with van der Waals surface area (Å²) in [5.74, 6) is 0. The highest BCUT2D eigenvalue weighted by Gasteiger charge is 2.16. The van der Waals surface area contributed by atoms with Gasteiger partial charge in [-0.05, 0) is 31.9 Å². The van der Waals surface area contributed by atoms with Crippen molar-refractivity contribution in [3.63, 3.8) is 0 Å². The smallest absolute Gasteiger partial charge is 0.0997 e. The summed E-state index contributed by atoms with van der Waals surface area (Å²) in [6.45, 7) is 7.53. The minimum atomic E-state index is 0.161. The Labute approximate surface area is 126 Å². The number of hydrogen-bond acceptors (Lipinski definition) is 4. The van der Waals surface area contributed by atoms with Crippen molar-refractivity contribution in [3.05, 3.63) is 29.8 Å². The number of nitrogens with one attached hydrogen (secondary N) is 2. The summed E-state index contributed by atoms with van der Waals surface area (Å²) in [5, 5.41) is 19.0. The lowest BCUT2D eigenvalue weighted by Gasteiger charge is -2.15. The Balaban J connectivity index is 2.06. The van der Waals surface area contributed by atoms with E-state index in [1.807, 2.05) is 0 Å². The minimum absolute atomic E-state index is 0.161. The van der Waals surface area contributed by atoms with Gasteiger partial charge < -0.3 is 5.32 Å². The monoisotopic (exact) mass is 290 g/mol. The topological polar surface area (TPSA) is 71.4 Å². The van der Waals surface area contributed by atoms with Gasteiger partial charge in [0.15, 0.2) is 0 Å². The molecule has 21 heavy (non-hydrogen) atoms. The van der Waals surface area contributed by atoms with Crippen LogP contribution in [-0.4, -0.2) is 31.7 Å². The van der Waals surface area contributed by atoms with Gasteiger partial charge in [0.1, 0.15) is 0 Å². The lowest BCUT2D eigenvalue weighted by atomic mass is 10.1. The highest BCUT2D eigenvalue weighted by atomic mass is 15.3. The number of aromatic nitrogens is 5. The zero-order valence-corrected chi connectivity index (χ0v) is 13.2. The minimum Gasteiger partial charge on any atom is -0.308 e. The highest BCUT2D eigenvalue weighted by molar-refractivity contribution is 5.09. The van der Waals surface area contributed by atoms with E-state index < -0.39 is 0 Å². The van der Waals surface area contributed by atoms with Gasteiger partial charge in [-0.15, -0.1) is 0 Å². The van der Waals surface area contributed by atoms with Crippen molar-refractivity contribution in [3.8, 4) is 0 Å². The third-order valence-electron chi connectivity index (χ3n) is 3.82. The van der Waals surface area contributed by atoms with Gasteiger partial charge in [-0.1, -0.05) is 20.8 Å². The molecule has 0 saturated carbocycles. The van der Waals surface area contributed by atoms with Gasteiger partial charge in [-0.3, -0.25) is 4.68 Å². The average molecular weight is 290 g/mol. The molecule has 6 heteroatoms. The van der Waals surface area contributed by atoms with E-state index in [9.17, 15) is 0 Å². The van der Waals surface area contributed by atoms with Crippen LogP contribution in [0.5, 0.6) is 0 Å². The molecule has 2 heterocycles. The first-order valence-electron chi connectivity index (χ1n) is 7.91. The molecule has 116 valence electrons. The van der Waals surface area contributed by atoms with Crippen LogP contribution in [0.1, 0.15) is 63.5 Å². The fourth-order valence-electron chi connectivity index (χ4n) is 2.54. The summed E-state index contributed by atoms with van der Waals surface area (Å²) in [6.07, 6.45) is 8.02. The Hall–Kier alpha value is -1.69. The van der Waals surface area contributed by atoms with Crippen molar-refractivity contribution in [2.45, 2.75) is 58.5 Å². The first-order valence-corrected chi connectivity index (χ1v) is 7.91. The van der Waals surface area contributed by atoms with E-state index in [4.69, 9.17) is 5.10 Å². The van der Waals surface area contributed by atoms with E-state index in [0.29, 0.717) is 6.04 Å². The predicted molar refractivity (Wildman–Crippen MR) is 83.0 cm³/mol. The number of hydrogen-bond donors (Lipinski definition) is 2. The second-order valence-electron chi connectivity index (χ2n) is 5.36. The Bertz CT molecular complexity index is 500. The van der Waals surface area contributed by atoms with Crippen LogP contribution in [0.2, 0.25) is 0 Å². The number of H-pyrrole nitrogens is 1. The maximum absolute atomic E-state index is 4.73. The highest BCUT2D eigenvalue weighted by Crippen LogP contribution is 2.18. The molecule has 0 aliphatic carbocycles. The molecule has 0 fully saturated rings. The van der Waals surface area contributed by atoms with Gasteiger partial charge in [-0.2, -0.15) is 20.5 Å². The Kier molecular flexibility index (Phi) is 5.92. The first kappa shape index (κ1) is 15.7. The van der Waals surface area contributed by atoms with E-state index >= 15 is 0 Å². The lowest BCUT2D eigenvalue weighted by Crippen LogP contribution is -2.24. The molecule has 0 amide bonds. The zero-order valence-electron chi connectivity index (χ0n) is 13.2. The SMILES string of the molecule is CCCNC(Cc1ccn(C(CC)CC)n1)c1cn[nH]n1. The largest absolute Gasteiger partial charge is 0.308 e. The summed E-state index contributed by atoms with van der Waals surface area (Å²) in [5.41, 5.74) is 2.04. The average Bonchev–Trinajstić information content (AvgIpc) is 3.16. The molecule has 2 N–H and O–H groups in total. The Morgan fingerprint density at radius 1 is 1.29 bits per heavy atom. The van der Waals surface area contributed by atoms with Gasteiger partial charge in [0.2, 0.25) is 0 Å². The van der Waals surface area contributed by atoms with Crippen molar-refractivity contribution in [1.82, 2.24) is 30.5 Å². The van der Waals surface area contributed by atoms with E-state index in [1.54, 1.807) is 6.20 Å². The molecule has 6 nitrogen and oxygen atoms in total. The number of aromatic amines is 1. The van der Waals surface area contributed by atoms with Crippen LogP contribution < -0.4 is 5.32 Å². The summed E-state index contributed by atoms with van der Waals surface area (Å²) < 4.78 is 2.09. The second kappa shape index (κ2) is 7.93. The first-order chi connectivity index (χ1) is 10.3. The van der Waals surface area contributed by atoms with Crippen molar-refractivity contribution >= 4 is 0 Å². The number of rotatable bonds is 9. The standard InChI is InChI=1S/C15H26N6/c1-4-8-16-14(15-11-17-20-18-15)10-12-7-9-21(19-12)13(5-2)6-3/h7,9,11,13-14,16H,4-6,8,10H2,1-3H3,(H,17,18,20). The molecule has 1 unspecified atom stereocenters. The van der Waals surface area contributed by atoms with Gasteiger partial charge in [-0.25, -0.2) is 0 Å². The molecule has 0 bridgehead atoms. The van der Waals surface area contributed by atoms with E-state index in [2.05, 4.69) is 58.4 Å². The second-order valence-corrected chi connectivity index (χ2v) is 5.36. The lowest BCUT2D eigenvalue weighted by molar-refractivity contribution is 0.421. The third-order valence-corrected chi connectivity index (χ3v) is 3.82. The molecule has 1 atom stereocenters. The normalized spacial score (nSPS) is 13.0. The van der Waals surface area contributed by atoms with Crippen LogP contribution in [0, 0.1) is 0 Å². The molecule has 0 aliphatic heterocycles. The third kappa shape index (κ3) is 4.14. The predicted octanol–water partition coefficient (Wildman–Crippen LogP) is 2.65. The van der Waals surface area contributed by atoms with E-state index in [1.165, 1.54) is 0 Å². The molecule has 0 aromatic carbocycles. The molecule has 0 aliphatic rings. The number of nitrogens with zero attached hydrogens (tertiary/aromatic N) is 4. The van der Waals surface area contributed by atoms with Crippen LogP contribution in [0.4, 0.5) is 0 Å². The molecule has 2 aromatic rings. The summed E-state index contributed by atoms with van der Waals surface area (Å²) in [6, 6.07) is 2.76. The van der Waals surface area contributed by atoms with Crippen molar-refractivity contribution in [2.24, 2.45) is 0 Å². The molecule has 0 spiro atoms. The van der Waals surface area contributed by atoms with Crippen LogP contribution in [0.3, 0.4) is 0 Å². The van der Waals surface area contributed by atoms with Crippen LogP contribution in [-0.2, 0) is 6.42 Å². The summed E-state index contributed by atoms with van der Waals surface area (Å²) in [7, 11) is 0. The van der Waals surface area contributed by atoms with Gasteiger partial charge in [0, 0.05) is 12.6 Å². The fraction of sp³-hybridized carbons (Fsp3) is 0.667. The van der Waals surface area contributed by atoms with Crippen LogP contribution >= 0.6 is 0 Å². The van der Waals surface area contributed by atoms with Crippen molar-refractivity contribution in [1.29, 1.82) is 0 Å². The van der Waals surface area contributed by atoms with Gasteiger partial charge in [0.25, 0.3) is 0 Å². The van der Waals surface area contributed by atoms with E-state index in [-0.39, 0.29) is 6.04 Å². The van der Waals surface area contributed by atoms with Crippen molar-refractivity contribution < 1.29 is 0 Å². The Morgan fingerprint density at radius 3 is 2.71 bits per heavy atom.